The number of nitrogens with one attached hydrogen (secondary N) is 2. The number of aromatic nitrogens is 2. The van der Waals surface area contributed by atoms with Crippen molar-refractivity contribution >= 4 is 11.8 Å². The van der Waals surface area contributed by atoms with Crippen molar-refractivity contribution in [2.75, 3.05) is 19.6 Å². The second kappa shape index (κ2) is 7.29. The topological polar surface area (TPSA) is 78.1 Å². The fourth-order valence-corrected chi connectivity index (χ4v) is 3.07. The van der Waals surface area contributed by atoms with E-state index in [1.165, 1.54) is 12.5 Å². The molecule has 0 unspecified atom stereocenters. The van der Waals surface area contributed by atoms with E-state index in [1.807, 2.05) is 23.1 Å². The Morgan fingerprint density at radius 2 is 1.96 bits per heavy atom. The summed E-state index contributed by atoms with van der Waals surface area (Å²) >= 11 is 0. The summed E-state index contributed by atoms with van der Waals surface area (Å²) < 4.78 is 0. The quantitative estimate of drug-likeness (QED) is 0.894. The molecule has 2 aromatic rings. The van der Waals surface area contributed by atoms with Crippen LogP contribution in [0.5, 0.6) is 0 Å². The summed E-state index contributed by atoms with van der Waals surface area (Å²) in [5.41, 5.74) is 4.41. The van der Waals surface area contributed by atoms with Crippen molar-refractivity contribution in [3.63, 3.8) is 0 Å². The summed E-state index contributed by atoms with van der Waals surface area (Å²) in [4.78, 5) is 25.1. The third-order valence-electron chi connectivity index (χ3n) is 4.33. The van der Waals surface area contributed by atoms with E-state index in [0.29, 0.717) is 26.1 Å². The number of hydrogen-bond acceptors (Lipinski definition) is 3. The highest BCUT2D eigenvalue weighted by Crippen LogP contribution is 2.26. The van der Waals surface area contributed by atoms with E-state index in [4.69, 9.17) is 0 Å². The monoisotopic (exact) mass is 326 g/mol. The van der Waals surface area contributed by atoms with Crippen LogP contribution in [0.15, 0.2) is 30.3 Å². The van der Waals surface area contributed by atoms with Gasteiger partial charge < -0.3 is 10.2 Å². The highest BCUT2D eigenvalue weighted by atomic mass is 16.2. The van der Waals surface area contributed by atoms with Gasteiger partial charge in [-0.05, 0) is 6.42 Å². The summed E-state index contributed by atoms with van der Waals surface area (Å²) in [6.45, 7) is 3.22. The van der Waals surface area contributed by atoms with Gasteiger partial charge in [0.15, 0.2) is 0 Å². The van der Waals surface area contributed by atoms with Crippen LogP contribution < -0.4 is 5.32 Å². The number of amides is 2. The van der Waals surface area contributed by atoms with Crippen molar-refractivity contribution < 1.29 is 9.59 Å². The Morgan fingerprint density at radius 1 is 1.21 bits per heavy atom. The van der Waals surface area contributed by atoms with Gasteiger partial charge in [-0.25, -0.2) is 0 Å². The number of carbonyl (C=O) groups excluding carboxylic acids is 2. The second-order valence-corrected chi connectivity index (χ2v) is 6.01. The van der Waals surface area contributed by atoms with E-state index in [-0.39, 0.29) is 11.8 Å². The van der Waals surface area contributed by atoms with Crippen LogP contribution in [0.4, 0.5) is 0 Å². The molecule has 1 aromatic carbocycles. The van der Waals surface area contributed by atoms with Gasteiger partial charge in [0.1, 0.15) is 0 Å². The molecule has 2 amide bonds. The molecule has 0 fully saturated rings. The SMILES string of the molecule is CC(=O)NCCC(=O)N1CCc2[nH]nc(-c3ccccc3)c2CC1. The number of nitrogens with zero attached hydrogens (tertiary/aromatic N) is 2. The first-order chi connectivity index (χ1) is 11.6. The molecule has 6 heteroatoms. The van der Waals surface area contributed by atoms with Gasteiger partial charge in [0, 0.05) is 56.2 Å². The minimum Gasteiger partial charge on any atom is -0.356 e. The molecule has 3 rings (SSSR count). The van der Waals surface area contributed by atoms with Crippen LogP contribution in [0.3, 0.4) is 0 Å². The number of fused-ring (bicyclic) bond motifs is 1. The first kappa shape index (κ1) is 16.2. The Kier molecular flexibility index (Phi) is 4.93. The van der Waals surface area contributed by atoms with Crippen molar-refractivity contribution in [1.82, 2.24) is 20.4 Å². The Balaban J connectivity index is 1.66. The molecule has 0 aliphatic carbocycles. The molecule has 0 radical (unpaired) electrons. The first-order valence-electron chi connectivity index (χ1n) is 8.29. The summed E-state index contributed by atoms with van der Waals surface area (Å²) in [5.74, 6) is -0.0182. The number of rotatable bonds is 4. The zero-order valence-electron chi connectivity index (χ0n) is 13.8. The third-order valence-corrected chi connectivity index (χ3v) is 4.33. The second-order valence-electron chi connectivity index (χ2n) is 6.01. The highest BCUT2D eigenvalue weighted by molar-refractivity contribution is 5.78. The van der Waals surface area contributed by atoms with Gasteiger partial charge >= 0.3 is 0 Å². The number of benzene rings is 1. The average Bonchev–Trinajstić information content (AvgIpc) is 2.86. The Hall–Kier alpha value is -2.63. The first-order valence-corrected chi connectivity index (χ1v) is 8.29. The molecule has 0 saturated heterocycles. The fourth-order valence-electron chi connectivity index (χ4n) is 3.07. The zero-order valence-corrected chi connectivity index (χ0v) is 13.8. The molecular formula is C18H22N4O2. The van der Waals surface area contributed by atoms with Gasteiger partial charge in [-0.3, -0.25) is 14.7 Å². The van der Waals surface area contributed by atoms with Gasteiger partial charge in [-0.1, -0.05) is 30.3 Å². The van der Waals surface area contributed by atoms with Crippen LogP contribution in [-0.4, -0.2) is 46.5 Å². The predicted molar refractivity (Wildman–Crippen MR) is 91.3 cm³/mol. The largest absolute Gasteiger partial charge is 0.356 e. The molecule has 6 nitrogen and oxygen atoms in total. The Labute approximate surface area is 141 Å². The summed E-state index contributed by atoms with van der Waals surface area (Å²) in [6.07, 6.45) is 1.92. The molecule has 0 spiro atoms. The highest BCUT2D eigenvalue weighted by Gasteiger charge is 2.22. The lowest BCUT2D eigenvalue weighted by atomic mass is 10.0. The molecule has 2 heterocycles. The van der Waals surface area contributed by atoms with Gasteiger partial charge in [-0.2, -0.15) is 5.10 Å². The lowest BCUT2D eigenvalue weighted by Crippen LogP contribution is -2.35. The van der Waals surface area contributed by atoms with Gasteiger partial charge in [0.2, 0.25) is 11.8 Å². The average molecular weight is 326 g/mol. The van der Waals surface area contributed by atoms with Crippen molar-refractivity contribution in [3.05, 3.63) is 41.6 Å². The molecule has 0 saturated carbocycles. The Morgan fingerprint density at radius 3 is 2.71 bits per heavy atom. The summed E-state index contributed by atoms with van der Waals surface area (Å²) in [6, 6.07) is 10.1. The Bertz CT molecular complexity index is 724. The van der Waals surface area contributed by atoms with Crippen molar-refractivity contribution in [1.29, 1.82) is 0 Å². The van der Waals surface area contributed by atoms with Crippen LogP contribution >= 0.6 is 0 Å². The molecule has 1 aliphatic heterocycles. The number of hydrogen-bond donors (Lipinski definition) is 2. The minimum absolute atomic E-state index is 0.0862. The van der Waals surface area contributed by atoms with Crippen LogP contribution in [-0.2, 0) is 22.4 Å². The standard InChI is InChI=1S/C18H22N4O2/c1-13(23)19-10-7-17(24)22-11-8-15-16(9-12-22)20-21-18(15)14-5-3-2-4-6-14/h2-6H,7-12H2,1H3,(H,19,23)(H,20,21). The molecular weight excluding hydrogens is 304 g/mol. The number of carbonyl (C=O) groups is 2. The van der Waals surface area contributed by atoms with Gasteiger partial charge in [0.25, 0.3) is 0 Å². The van der Waals surface area contributed by atoms with E-state index in [1.54, 1.807) is 0 Å². The van der Waals surface area contributed by atoms with Crippen LogP contribution in [0.1, 0.15) is 24.6 Å². The third kappa shape index (κ3) is 3.64. The maximum absolute atomic E-state index is 12.3. The summed E-state index contributed by atoms with van der Waals surface area (Å²) in [5, 5.41) is 10.3. The number of aromatic amines is 1. The molecule has 24 heavy (non-hydrogen) atoms. The fraction of sp³-hybridized carbons (Fsp3) is 0.389. The lowest BCUT2D eigenvalue weighted by Gasteiger charge is -2.20. The van der Waals surface area contributed by atoms with E-state index in [0.717, 1.165) is 29.8 Å². The van der Waals surface area contributed by atoms with Crippen LogP contribution in [0.2, 0.25) is 0 Å². The molecule has 2 N–H and O–H groups in total. The van der Waals surface area contributed by atoms with Crippen molar-refractivity contribution in [3.8, 4) is 11.3 Å². The van der Waals surface area contributed by atoms with Crippen molar-refractivity contribution in [2.24, 2.45) is 0 Å². The zero-order chi connectivity index (χ0) is 16.9. The molecule has 0 atom stereocenters. The normalized spacial score (nSPS) is 14.0. The van der Waals surface area contributed by atoms with E-state index in [9.17, 15) is 9.59 Å². The molecule has 1 aliphatic rings. The lowest BCUT2D eigenvalue weighted by molar-refractivity contribution is -0.131. The maximum atomic E-state index is 12.3. The van der Waals surface area contributed by atoms with Gasteiger partial charge in [0.05, 0.1) is 5.69 Å². The van der Waals surface area contributed by atoms with Gasteiger partial charge in [-0.15, -0.1) is 0 Å². The smallest absolute Gasteiger partial charge is 0.224 e. The minimum atomic E-state index is -0.104. The van der Waals surface area contributed by atoms with Crippen molar-refractivity contribution in [2.45, 2.75) is 26.2 Å². The maximum Gasteiger partial charge on any atom is 0.224 e. The number of H-pyrrole nitrogens is 1. The van der Waals surface area contributed by atoms with Crippen LogP contribution in [0, 0.1) is 0 Å². The molecule has 0 bridgehead atoms. The predicted octanol–water partition coefficient (Wildman–Crippen LogP) is 1.53. The van der Waals surface area contributed by atoms with E-state index in [2.05, 4.69) is 27.6 Å². The molecule has 1 aromatic heterocycles. The molecule has 126 valence electrons. The summed E-state index contributed by atoms with van der Waals surface area (Å²) in [7, 11) is 0. The van der Waals surface area contributed by atoms with E-state index >= 15 is 0 Å². The van der Waals surface area contributed by atoms with Crippen LogP contribution in [0.25, 0.3) is 11.3 Å². The van der Waals surface area contributed by atoms with E-state index < -0.39 is 0 Å².